The van der Waals surface area contributed by atoms with Crippen LogP contribution >= 0.6 is 0 Å². The molecule has 0 aromatic heterocycles. The molecule has 1 N–H and O–H groups in total. The van der Waals surface area contributed by atoms with Crippen molar-refractivity contribution in [1.29, 1.82) is 0 Å². The molecule has 70 valence electrons. The molecule has 0 atom stereocenters. The highest BCUT2D eigenvalue weighted by atomic mass is 16.2. The smallest absolute Gasteiger partial charge is 0.0431 e. The molecule has 0 rings (SSSR count). The van der Waals surface area contributed by atoms with Gasteiger partial charge in [-0.3, -0.25) is 0 Å². The van der Waals surface area contributed by atoms with Gasteiger partial charge in [0.1, 0.15) is 0 Å². The predicted molar refractivity (Wildman–Crippen MR) is 54.1 cm³/mol. The molecule has 0 aliphatic heterocycles. The van der Waals surface area contributed by atoms with Crippen LogP contribution in [0.5, 0.6) is 0 Å². The molecule has 0 fully saturated rings. The van der Waals surface area contributed by atoms with Gasteiger partial charge in [0.25, 0.3) is 0 Å². The molecule has 1 nitrogen and oxygen atoms in total. The molecular formula is C11H20O. The van der Waals surface area contributed by atoms with Crippen LogP contribution in [0.2, 0.25) is 0 Å². The summed E-state index contributed by atoms with van der Waals surface area (Å²) in [5.41, 5.74) is 1.14. The summed E-state index contributed by atoms with van der Waals surface area (Å²) in [6.45, 7) is 7.84. The molecule has 0 heterocycles. The zero-order valence-electron chi connectivity index (χ0n) is 7.89. The Bertz CT molecular complexity index is 127. The Morgan fingerprint density at radius 2 is 1.67 bits per heavy atom. The van der Waals surface area contributed by atoms with E-state index >= 15 is 0 Å². The third-order valence-electron chi connectivity index (χ3n) is 1.94. The summed E-state index contributed by atoms with van der Waals surface area (Å²) in [6, 6.07) is 0. The van der Waals surface area contributed by atoms with Crippen LogP contribution in [0.3, 0.4) is 0 Å². The van der Waals surface area contributed by atoms with Crippen LogP contribution in [0.1, 0.15) is 38.5 Å². The third-order valence-corrected chi connectivity index (χ3v) is 1.94. The molecule has 0 spiro atoms. The lowest BCUT2D eigenvalue weighted by Gasteiger charge is -2.00. The first-order valence-corrected chi connectivity index (χ1v) is 4.72. The number of aliphatic hydroxyl groups excluding tert-OH is 1. The number of aliphatic hydroxyl groups is 1. The third kappa shape index (κ3) is 7.55. The van der Waals surface area contributed by atoms with Gasteiger partial charge < -0.3 is 5.11 Å². The molecule has 0 saturated carbocycles. The van der Waals surface area contributed by atoms with E-state index in [1.54, 1.807) is 0 Å². The van der Waals surface area contributed by atoms with E-state index in [0.29, 0.717) is 6.61 Å². The van der Waals surface area contributed by atoms with Crippen molar-refractivity contribution in [2.24, 2.45) is 0 Å². The maximum absolute atomic E-state index is 8.52. The summed E-state index contributed by atoms with van der Waals surface area (Å²) in [4.78, 5) is 0. The van der Waals surface area contributed by atoms with Crippen molar-refractivity contribution in [3.8, 4) is 0 Å². The zero-order chi connectivity index (χ0) is 9.23. The molecule has 0 amide bonds. The minimum atomic E-state index is 0.333. The van der Waals surface area contributed by atoms with E-state index in [-0.39, 0.29) is 0 Å². The Kier molecular flexibility index (Phi) is 8.14. The van der Waals surface area contributed by atoms with Crippen LogP contribution in [0.15, 0.2) is 24.8 Å². The Morgan fingerprint density at radius 1 is 1.08 bits per heavy atom. The van der Waals surface area contributed by atoms with Gasteiger partial charge in [-0.15, -0.1) is 0 Å². The van der Waals surface area contributed by atoms with Gasteiger partial charge in [0.2, 0.25) is 0 Å². The predicted octanol–water partition coefficient (Wildman–Crippen LogP) is 3.06. The Hall–Kier alpha value is -0.560. The van der Waals surface area contributed by atoms with Gasteiger partial charge in [-0.2, -0.15) is 0 Å². The molecule has 0 bridgehead atoms. The normalized spacial score (nSPS) is 9.75. The summed E-state index contributed by atoms with van der Waals surface area (Å²) in [7, 11) is 0. The molecule has 12 heavy (non-hydrogen) atoms. The average molecular weight is 168 g/mol. The molecular weight excluding hydrogens is 148 g/mol. The van der Waals surface area contributed by atoms with Crippen molar-refractivity contribution >= 4 is 0 Å². The number of hydrogen-bond acceptors (Lipinski definition) is 1. The Morgan fingerprint density at radius 3 is 2.25 bits per heavy atom. The molecule has 0 radical (unpaired) electrons. The second kappa shape index (κ2) is 8.54. The van der Waals surface area contributed by atoms with E-state index in [9.17, 15) is 0 Å². The summed E-state index contributed by atoms with van der Waals surface area (Å²) in [6.07, 6.45) is 8.67. The topological polar surface area (TPSA) is 20.2 Å². The lowest BCUT2D eigenvalue weighted by atomic mass is 10.1. The molecule has 0 aromatic rings. The van der Waals surface area contributed by atoms with Crippen LogP contribution in [0.25, 0.3) is 0 Å². The van der Waals surface area contributed by atoms with Crippen LogP contribution in [-0.2, 0) is 0 Å². The van der Waals surface area contributed by atoms with E-state index in [1.807, 2.05) is 6.08 Å². The van der Waals surface area contributed by atoms with Crippen LogP contribution in [-0.4, -0.2) is 11.7 Å². The second-order valence-corrected chi connectivity index (χ2v) is 3.10. The minimum Gasteiger partial charge on any atom is -0.396 e. The first-order valence-electron chi connectivity index (χ1n) is 4.72. The van der Waals surface area contributed by atoms with Crippen molar-refractivity contribution in [3.63, 3.8) is 0 Å². The van der Waals surface area contributed by atoms with E-state index in [0.717, 1.165) is 24.8 Å². The fourth-order valence-corrected chi connectivity index (χ4v) is 1.10. The van der Waals surface area contributed by atoms with E-state index in [2.05, 4.69) is 13.2 Å². The van der Waals surface area contributed by atoms with Gasteiger partial charge >= 0.3 is 0 Å². The molecule has 0 unspecified atom stereocenters. The highest BCUT2D eigenvalue weighted by Gasteiger charge is 1.91. The van der Waals surface area contributed by atoms with E-state index in [4.69, 9.17) is 5.11 Å². The van der Waals surface area contributed by atoms with Crippen molar-refractivity contribution in [2.45, 2.75) is 38.5 Å². The van der Waals surface area contributed by atoms with Gasteiger partial charge in [-0.05, 0) is 19.3 Å². The number of unbranched alkanes of at least 4 members (excludes halogenated alkanes) is 4. The van der Waals surface area contributed by atoms with Gasteiger partial charge in [0.15, 0.2) is 0 Å². The number of hydrogen-bond donors (Lipinski definition) is 1. The quantitative estimate of drug-likeness (QED) is 0.436. The first-order chi connectivity index (χ1) is 5.81. The Labute approximate surface area is 75.8 Å². The fraction of sp³-hybridized carbons (Fsp3) is 0.636. The van der Waals surface area contributed by atoms with Crippen molar-refractivity contribution in [2.75, 3.05) is 6.61 Å². The number of rotatable bonds is 8. The standard InChI is InChI=1S/C11H20O/c1-3-11(2)9-7-5-4-6-8-10-12/h3,12H,1-2,4-10H2. The van der Waals surface area contributed by atoms with Crippen LogP contribution in [0, 0.1) is 0 Å². The second-order valence-electron chi connectivity index (χ2n) is 3.10. The fourth-order valence-electron chi connectivity index (χ4n) is 1.10. The maximum atomic E-state index is 8.52. The monoisotopic (exact) mass is 168 g/mol. The largest absolute Gasteiger partial charge is 0.396 e. The van der Waals surface area contributed by atoms with Gasteiger partial charge in [0, 0.05) is 6.61 Å². The molecule has 0 aliphatic rings. The maximum Gasteiger partial charge on any atom is 0.0431 e. The van der Waals surface area contributed by atoms with Crippen molar-refractivity contribution < 1.29 is 5.11 Å². The zero-order valence-corrected chi connectivity index (χ0v) is 7.89. The molecule has 0 aromatic carbocycles. The van der Waals surface area contributed by atoms with E-state index in [1.165, 1.54) is 19.3 Å². The van der Waals surface area contributed by atoms with Crippen LogP contribution in [0.4, 0.5) is 0 Å². The first kappa shape index (κ1) is 11.4. The lowest BCUT2D eigenvalue weighted by molar-refractivity contribution is 0.282. The summed E-state index contributed by atoms with van der Waals surface area (Å²) < 4.78 is 0. The molecule has 0 saturated heterocycles. The van der Waals surface area contributed by atoms with Crippen LogP contribution < -0.4 is 0 Å². The highest BCUT2D eigenvalue weighted by Crippen LogP contribution is 2.09. The molecule has 0 aliphatic carbocycles. The van der Waals surface area contributed by atoms with Gasteiger partial charge in [0.05, 0.1) is 0 Å². The summed E-state index contributed by atoms with van der Waals surface area (Å²) in [5, 5.41) is 8.52. The Balaban J connectivity index is 3.00. The molecule has 1 heteroatoms. The summed E-state index contributed by atoms with van der Waals surface area (Å²) >= 11 is 0. The van der Waals surface area contributed by atoms with Crippen molar-refractivity contribution in [3.05, 3.63) is 24.8 Å². The minimum absolute atomic E-state index is 0.333. The van der Waals surface area contributed by atoms with Gasteiger partial charge in [-0.25, -0.2) is 0 Å². The SMILES string of the molecule is C=CC(=C)CCCCCCCO. The summed E-state index contributed by atoms with van der Waals surface area (Å²) in [5.74, 6) is 0. The average Bonchev–Trinajstić information content (AvgIpc) is 2.10. The highest BCUT2D eigenvalue weighted by molar-refractivity contribution is 5.10. The van der Waals surface area contributed by atoms with Crippen molar-refractivity contribution in [1.82, 2.24) is 0 Å². The van der Waals surface area contributed by atoms with E-state index < -0.39 is 0 Å². The number of allylic oxidation sites excluding steroid dienone is 2. The van der Waals surface area contributed by atoms with Gasteiger partial charge in [-0.1, -0.05) is 44.1 Å². The lowest BCUT2D eigenvalue weighted by Crippen LogP contribution is -1.84.